The molecule has 1 aromatic carbocycles. The summed E-state index contributed by atoms with van der Waals surface area (Å²) in [6.07, 6.45) is 3.51. The van der Waals surface area contributed by atoms with Crippen LogP contribution in [0, 0.1) is 0 Å². The second-order valence-electron chi connectivity index (χ2n) is 4.88. The van der Waals surface area contributed by atoms with Gasteiger partial charge in [0.05, 0.1) is 4.88 Å². The van der Waals surface area contributed by atoms with Gasteiger partial charge in [-0.05, 0) is 18.4 Å². The number of aromatic nitrogens is 1. The van der Waals surface area contributed by atoms with Crippen molar-refractivity contribution in [2.24, 2.45) is 0 Å². The molecule has 2 heterocycles. The summed E-state index contributed by atoms with van der Waals surface area (Å²) in [6, 6.07) is 9.99. The molecule has 0 aliphatic carbocycles. The Hall–Kier alpha value is -1.92. The van der Waals surface area contributed by atoms with Crippen LogP contribution in [0.4, 0.5) is 9.93 Å². The minimum atomic E-state index is -0.198. The monoisotopic (exact) mass is 303 g/mol. The molecule has 0 spiro atoms. The third-order valence-corrected chi connectivity index (χ3v) is 4.30. The van der Waals surface area contributed by atoms with Crippen molar-refractivity contribution >= 4 is 22.5 Å². The fourth-order valence-corrected chi connectivity index (χ4v) is 3.05. The van der Waals surface area contributed by atoms with E-state index >= 15 is 0 Å². The van der Waals surface area contributed by atoms with Crippen LogP contribution < -0.4 is 10.6 Å². The molecule has 21 heavy (non-hydrogen) atoms. The van der Waals surface area contributed by atoms with Crippen LogP contribution in [0.25, 0.3) is 10.4 Å². The molecule has 0 saturated carbocycles. The largest absolute Gasteiger partial charge is 0.381 e. The lowest BCUT2D eigenvalue weighted by atomic mass is 10.1. The Morgan fingerprint density at radius 2 is 2.00 bits per heavy atom. The highest BCUT2D eigenvalue weighted by Gasteiger charge is 2.16. The number of amides is 2. The van der Waals surface area contributed by atoms with E-state index in [0.29, 0.717) is 18.3 Å². The average molecular weight is 303 g/mol. The lowest BCUT2D eigenvalue weighted by Gasteiger charge is -2.22. The maximum Gasteiger partial charge on any atom is 0.321 e. The Bertz CT molecular complexity index is 594. The summed E-state index contributed by atoms with van der Waals surface area (Å²) in [4.78, 5) is 17.2. The van der Waals surface area contributed by atoms with Gasteiger partial charge in [0.25, 0.3) is 0 Å². The van der Waals surface area contributed by atoms with E-state index in [1.54, 1.807) is 6.20 Å². The fourth-order valence-electron chi connectivity index (χ4n) is 2.23. The summed E-state index contributed by atoms with van der Waals surface area (Å²) in [7, 11) is 0. The van der Waals surface area contributed by atoms with Crippen LogP contribution in [0.2, 0.25) is 0 Å². The maximum absolute atomic E-state index is 11.9. The van der Waals surface area contributed by atoms with E-state index < -0.39 is 0 Å². The van der Waals surface area contributed by atoms with E-state index in [1.165, 1.54) is 11.3 Å². The third-order valence-electron chi connectivity index (χ3n) is 3.34. The van der Waals surface area contributed by atoms with Crippen molar-refractivity contribution in [3.63, 3.8) is 0 Å². The number of nitrogens with one attached hydrogen (secondary N) is 2. The summed E-state index contributed by atoms with van der Waals surface area (Å²) < 4.78 is 5.27. The van der Waals surface area contributed by atoms with Gasteiger partial charge in [-0.2, -0.15) is 0 Å². The van der Waals surface area contributed by atoms with Gasteiger partial charge in [0.1, 0.15) is 0 Å². The molecule has 0 radical (unpaired) electrons. The summed E-state index contributed by atoms with van der Waals surface area (Å²) in [5, 5.41) is 6.36. The first-order valence-corrected chi connectivity index (χ1v) is 7.79. The molecule has 5 nitrogen and oxygen atoms in total. The molecule has 1 saturated heterocycles. The Balaban J connectivity index is 1.58. The van der Waals surface area contributed by atoms with Crippen molar-refractivity contribution in [3.05, 3.63) is 36.5 Å². The van der Waals surface area contributed by atoms with Gasteiger partial charge in [-0.3, -0.25) is 5.32 Å². The van der Waals surface area contributed by atoms with E-state index in [1.807, 2.05) is 30.3 Å². The zero-order chi connectivity index (χ0) is 14.5. The smallest absolute Gasteiger partial charge is 0.321 e. The topological polar surface area (TPSA) is 63.2 Å². The first kappa shape index (κ1) is 14.0. The van der Waals surface area contributed by atoms with Gasteiger partial charge in [0, 0.05) is 25.5 Å². The van der Waals surface area contributed by atoms with E-state index in [-0.39, 0.29) is 12.1 Å². The highest BCUT2D eigenvalue weighted by atomic mass is 32.1. The maximum atomic E-state index is 11.9. The minimum absolute atomic E-state index is 0.187. The molecule has 3 rings (SSSR count). The molecular formula is C15H17N3O2S. The van der Waals surface area contributed by atoms with Crippen LogP contribution in [0.5, 0.6) is 0 Å². The molecule has 2 aromatic rings. The predicted molar refractivity (Wildman–Crippen MR) is 83.5 cm³/mol. The lowest BCUT2D eigenvalue weighted by Crippen LogP contribution is -2.41. The average Bonchev–Trinajstić information content (AvgIpc) is 2.97. The van der Waals surface area contributed by atoms with Crippen molar-refractivity contribution in [1.82, 2.24) is 10.3 Å². The molecule has 1 aromatic heterocycles. The summed E-state index contributed by atoms with van der Waals surface area (Å²) in [6.45, 7) is 1.42. The quantitative estimate of drug-likeness (QED) is 0.915. The molecule has 6 heteroatoms. The molecule has 110 valence electrons. The van der Waals surface area contributed by atoms with Crippen molar-refractivity contribution in [2.75, 3.05) is 18.5 Å². The van der Waals surface area contributed by atoms with Crippen LogP contribution in [0.15, 0.2) is 36.5 Å². The second kappa shape index (κ2) is 6.69. The van der Waals surface area contributed by atoms with Crippen molar-refractivity contribution < 1.29 is 9.53 Å². The molecule has 0 atom stereocenters. The number of carbonyl (C=O) groups excluding carboxylic acids is 1. The van der Waals surface area contributed by atoms with Gasteiger partial charge in [0.2, 0.25) is 0 Å². The number of rotatable bonds is 3. The van der Waals surface area contributed by atoms with Crippen LogP contribution in [0.3, 0.4) is 0 Å². The molecule has 2 amide bonds. The normalized spacial score (nSPS) is 15.6. The molecule has 1 aliphatic rings. The minimum Gasteiger partial charge on any atom is -0.381 e. The number of carbonyl (C=O) groups is 1. The van der Waals surface area contributed by atoms with Crippen LogP contribution in [-0.2, 0) is 4.74 Å². The Morgan fingerprint density at radius 3 is 2.76 bits per heavy atom. The highest BCUT2D eigenvalue weighted by molar-refractivity contribution is 7.19. The van der Waals surface area contributed by atoms with E-state index in [9.17, 15) is 4.79 Å². The van der Waals surface area contributed by atoms with Crippen molar-refractivity contribution in [3.8, 4) is 10.4 Å². The molecule has 0 bridgehead atoms. The molecule has 2 N–H and O–H groups in total. The van der Waals surface area contributed by atoms with Gasteiger partial charge in [-0.1, -0.05) is 41.7 Å². The molecular weight excluding hydrogens is 286 g/mol. The zero-order valence-corrected chi connectivity index (χ0v) is 12.4. The predicted octanol–water partition coefficient (Wildman–Crippen LogP) is 3.11. The Labute approximate surface area is 127 Å². The van der Waals surface area contributed by atoms with Gasteiger partial charge < -0.3 is 10.1 Å². The first-order valence-electron chi connectivity index (χ1n) is 6.98. The summed E-state index contributed by atoms with van der Waals surface area (Å²) in [5.41, 5.74) is 1.10. The third kappa shape index (κ3) is 3.80. The molecule has 0 unspecified atom stereocenters. The summed E-state index contributed by atoms with van der Waals surface area (Å²) >= 11 is 1.47. The van der Waals surface area contributed by atoms with Crippen molar-refractivity contribution in [2.45, 2.75) is 18.9 Å². The number of anilines is 1. The Morgan fingerprint density at radius 1 is 1.24 bits per heavy atom. The van der Waals surface area contributed by atoms with Gasteiger partial charge >= 0.3 is 6.03 Å². The van der Waals surface area contributed by atoms with Crippen LogP contribution in [0.1, 0.15) is 12.8 Å². The number of nitrogens with zero attached hydrogens (tertiary/aromatic N) is 1. The zero-order valence-electron chi connectivity index (χ0n) is 11.5. The van der Waals surface area contributed by atoms with E-state index in [0.717, 1.165) is 23.3 Å². The van der Waals surface area contributed by atoms with Crippen LogP contribution >= 0.6 is 11.3 Å². The number of benzene rings is 1. The van der Waals surface area contributed by atoms with Gasteiger partial charge in [-0.15, -0.1) is 0 Å². The lowest BCUT2D eigenvalue weighted by molar-refractivity contribution is 0.0806. The fraction of sp³-hybridized carbons (Fsp3) is 0.333. The number of thiazole rings is 1. The first-order chi connectivity index (χ1) is 10.3. The second-order valence-corrected chi connectivity index (χ2v) is 5.91. The number of hydrogen-bond donors (Lipinski definition) is 2. The van der Waals surface area contributed by atoms with Crippen LogP contribution in [-0.4, -0.2) is 30.3 Å². The van der Waals surface area contributed by atoms with E-state index in [4.69, 9.17) is 4.74 Å². The molecule has 1 aliphatic heterocycles. The highest BCUT2D eigenvalue weighted by Crippen LogP contribution is 2.28. The van der Waals surface area contributed by atoms with E-state index in [2.05, 4.69) is 15.6 Å². The summed E-state index contributed by atoms with van der Waals surface area (Å²) in [5.74, 6) is 0. The molecule has 1 fully saturated rings. The SMILES string of the molecule is O=C(Nc1ncc(-c2ccccc2)s1)NC1CCOCC1. The van der Waals surface area contributed by atoms with Crippen molar-refractivity contribution in [1.29, 1.82) is 0 Å². The number of hydrogen-bond acceptors (Lipinski definition) is 4. The number of urea groups is 1. The van der Waals surface area contributed by atoms with Gasteiger partial charge in [0.15, 0.2) is 5.13 Å². The Kier molecular flexibility index (Phi) is 4.47. The number of ether oxygens (including phenoxy) is 1. The van der Waals surface area contributed by atoms with Gasteiger partial charge in [-0.25, -0.2) is 9.78 Å². The standard InChI is InChI=1S/C15H17N3O2S/c19-14(17-12-6-8-20-9-7-12)18-15-16-10-13(21-15)11-4-2-1-3-5-11/h1-5,10,12H,6-9H2,(H2,16,17,18,19).